The number of hydrogen-bond donors (Lipinski definition) is 0. The van der Waals surface area contributed by atoms with E-state index in [1.165, 1.54) is 30.5 Å². The zero-order valence-corrected chi connectivity index (χ0v) is 22.2. The number of ketones is 1. The molecular formula is C31H32F3N3O3. The molecule has 6 nitrogen and oxygen atoms in total. The summed E-state index contributed by atoms with van der Waals surface area (Å²) in [5, 5.41) is 0. The van der Waals surface area contributed by atoms with Crippen LogP contribution in [0.25, 0.3) is 0 Å². The quantitative estimate of drug-likeness (QED) is 0.338. The number of ether oxygens (including phenoxy) is 1. The van der Waals surface area contributed by atoms with Crippen molar-refractivity contribution in [1.29, 1.82) is 0 Å². The molecule has 9 heteroatoms. The average molecular weight is 552 g/mol. The number of likely N-dealkylation sites (tertiary alicyclic amines) is 2. The average Bonchev–Trinajstić information content (AvgIpc) is 2.95. The maximum absolute atomic E-state index is 13.5. The number of piperidine rings is 2. The van der Waals surface area contributed by atoms with Crippen molar-refractivity contribution in [1.82, 2.24) is 14.8 Å². The van der Waals surface area contributed by atoms with Crippen LogP contribution in [0.2, 0.25) is 0 Å². The molecule has 2 aliphatic rings. The van der Waals surface area contributed by atoms with Gasteiger partial charge in [-0.05, 0) is 85.9 Å². The van der Waals surface area contributed by atoms with Gasteiger partial charge in [-0.2, -0.15) is 0 Å². The van der Waals surface area contributed by atoms with Crippen molar-refractivity contribution >= 4 is 11.7 Å². The fraction of sp³-hybridized carbons (Fsp3) is 0.387. The number of carbonyl (C=O) groups excluding carboxylic acids is 2. The first-order valence-corrected chi connectivity index (χ1v) is 13.7. The van der Waals surface area contributed by atoms with E-state index in [0.29, 0.717) is 61.5 Å². The van der Waals surface area contributed by atoms with Crippen molar-refractivity contribution in [3.05, 3.63) is 95.1 Å². The van der Waals surface area contributed by atoms with E-state index < -0.39 is 11.6 Å². The van der Waals surface area contributed by atoms with Crippen LogP contribution in [-0.2, 0) is 6.54 Å². The Hall–Kier alpha value is -3.72. The van der Waals surface area contributed by atoms with Crippen LogP contribution in [0.1, 0.15) is 58.5 Å². The third kappa shape index (κ3) is 7.27. The fourth-order valence-electron chi connectivity index (χ4n) is 5.43. The Bertz CT molecular complexity index is 1300. The SMILES string of the molecule is O=C(CC1CCN(Cc2cc(F)cc(F)c2)CC1)c1ccc(C(=O)N2CCC(Oc3ccc(F)cc3)CC2)cn1. The molecule has 1 aromatic heterocycles. The highest BCUT2D eigenvalue weighted by molar-refractivity contribution is 5.97. The second-order valence-electron chi connectivity index (χ2n) is 10.6. The van der Waals surface area contributed by atoms with Crippen LogP contribution in [0.3, 0.4) is 0 Å². The summed E-state index contributed by atoms with van der Waals surface area (Å²) in [7, 11) is 0. The van der Waals surface area contributed by atoms with Crippen molar-refractivity contribution in [3.8, 4) is 5.75 Å². The standard InChI is InChI=1S/C31H32F3N3O3/c32-24-2-4-27(5-3-24)40-28-9-13-37(14-10-28)31(39)23-1-6-29(35-19-23)30(38)17-21-7-11-36(12-8-21)20-22-15-25(33)18-26(34)16-22/h1-6,15-16,18-19,21,28H,7-14,17,20H2. The molecule has 0 saturated carbocycles. The van der Waals surface area contributed by atoms with Crippen LogP contribution in [0, 0.1) is 23.4 Å². The van der Waals surface area contributed by atoms with E-state index in [-0.39, 0.29) is 29.5 Å². The third-order valence-corrected chi connectivity index (χ3v) is 7.65. The Kier molecular flexibility index (Phi) is 8.79. The van der Waals surface area contributed by atoms with E-state index >= 15 is 0 Å². The lowest BCUT2D eigenvalue weighted by Gasteiger charge is -2.32. The van der Waals surface area contributed by atoms with Gasteiger partial charge in [-0.3, -0.25) is 19.5 Å². The molecule has 2 aliphatic heterocycles. The molecule has 1 amide bonds. The van der Waals surface area contributed by atoms with E-state index in [1.807, 2.05) is 0 Å². The van der Waals surface area contributed by atoms with Gasteiger partial charge < -0.3 is 9.64 Å². The second-order valence-corrected chi connectivity index (χ2v) is 10.6. The molecule has 2 saturated heterocycles. The predicted octanol–water partition coefficient (Wildman–Crippen LogP) is 5.67. The van der Waals surface area contributed by atoms with Crippen molar-refractivity contribution in [2.24, 2.45) is 5.92 Å². The first kappa shape index (κ1) is 27.8. The largest absolute Gasteiger partial charge is 0.490 e. The molecule has 0 radical (unpaired) electrons. The summed E-state index contributed by atoms with van der Waals surface area (Å²) < 4.78 is 45.9. The number of nitrogens with zero attached hydrogens (tertiary/aromatic N) is 3. The smallest absolute Gasteiger partial charge is 0.255 e. The predicted molar refractivity (Wildman–Crippen MR) is 143 cm³/mol. The summed E-state index contributed by atoms with van der Waals surface area (Å²) in [4.78, 5) is 34.0. The van der Waals surface area contributed by atoms with E-state index in [2.05, 4.69) is 9.88 Å². The summed E-state index contributed by atoms with van der Waals surface area (Å²) >= 11 is 0. The first-order valence-electron chi connectivity index (χ1n) is 13.7. The number of benzene rings is 2. The molecule has 0 spiro atoms. The van der Waals surface area contributed by atoms with Crippen LogP contribution >= 0.6 is 0 Å². The van der Waals surface area contributed by atoms with Crippen molar-refractivity contribution in [3.63, 3.8) is 0 Å². The van der Waals surface area contributed by atoms with Gasteiger partial charge >= 0.3 is 0 Å². The number of amides is 1. The van der Waals surface area contributed by atoms with Crippen molar-refractivity contribution in [2.75, 3.05) is 26.2 Å². The highest BCUT2D eigenvalue weighted by Gasteiger charge is 2.26. The molecule has 40 heavy (non-hydrogen) atoms. The summed E-state index contributed by atoms with van der Waals surface area (Å²) in [6.45, 7) is 3.06. The molecule has 3 heterocycles. The number of rotatable bonds is 8. The first-order chi connectivity index (χ1) is 19.3. The summed E-state index contributed by atoms with van der Waals surface area (Å²) in [6, 6.07) is 12.8. The monoisotopic (exact) mass is 551 g/mol. The zero-order chi connectivity index (χ0) is 28.1. The molecule has 0 atom stereocenters. The van der Waals surface area contributed by atoms with Crippen LogP contribution in [0.5, 0.6) is 5.75 Å². The summed E-state index contributed by atoms with van der Waals surface area (Å²) in [6.07, 6.45) is 4.79. The van der Waals surface area contributed by atoms with Crippen LogP contribution < -0.4 is 4.74 Å². The Balaban J connectivity index is 1.06. The molecule has 0 aliphatic carbocycles. The van der Waals surface area contributed by atoms with E-state index in [0.717, 1.165) is 32.0 Å². The topological polar surface area (TPSA) is 62.7 Å². The van der Waals surface area contributed by atoms with Gasteiger partial charge in [0.15, 0.2) is 5.78 Å². The Morgan fingerprint density at radius 2 is 1.50 bits per heavy atom. The highest BCUT2D eigenvalue weighted by atomic mass is 19.1. The minimum atomic E-state index is -0.576. The van der Waals surface area contributed by atoms with Gasteiger partial charge in [-0.15, -0.1) is 0 Å². The maximum atomic E-state index is 13.5. The minimum Gasteiger partial charge on any atom is -0.490 e. The van der Waals surface area contributed by atoms with E-state index in [1.54, 1.807) is 29.2 Å². The lowest BCUT2D eigenvalue weighted by molar-refractivity contribution is 0.0594. The summed E-state index contributed by atoms with van der Waals surface area (Å²) in [5.74, 6) is -0.813. The minimum absolute atomic E-state index is 0.0381. The Morgan fingerprint density at radius 1 is 0.825 bits per heavy atom. The number of Topliss-reactive ketones (excluding diaryl/α,β-unsaturated/α-hetero) is 1. The molecule has 2 aromatic carbocycles. The summed E-state index contributed by atoms with van der Waals surface area (Å²) in [5.41, 5.74) is 1.39. The van der Waals surface area contributed by atoms with Gasteiger partial charge in [0.1, 0.15) is 35.0 Å². The number of halogens is 3. The van der Waals surface area contributed by atoms with Crippen LogP contribution in [-0.4, -0.2) is 58.8 Å². The molecule has 0 unspecified atom stereocenters. The molecule has 5 rings (SSSR count). The Labute approximate surface area is 231 Å². The second kappa shape index (κ2) is 12.6. The van der Waals surface area contributed by atoms with Crippen LogP contribution in [0.15, 0.2) is 60.8 Å². The molecule has 0 bridgehead atoms. The Morgan fingerprint density at radius 3 is 2.12 bits per heavy atom. The molecule has 3 aromatic rings. The van der Waals surface area contributed by atoms with Gasteiger partial charge in [0.25, 0.3) is 5.91 Å². The normalized spacial score (nSPS) is 17.1. The van der Waals surface area contributed by atoms with E-state index in [4.69, 9.17) is 4.74 Å². The molecular weight excluding hydrogens is 519 g/mol. The number of aromatic nitrogens is 1. The van der Waals surface area contributed by atoms with Crippen LogP contribution in [0.4, 0.5) is 13.2 Å². The number of carbonyl (C=O) groups is 2. The zero-order valence-electron chi connectivity index (χ0n) is 22.2. The molecule has 210 valence electrons. The number of pyridine rings is 1. The fourth-order valence-corrected chi connectivity index (χ4v) is 5.43. The maximum Gasteiger partial charge on any atom is 0.255 e. The molecule has 0 N–H and O–H groups in total. The van der Waals surface area contributed by atoms with E-state index in [9.17, 15) is 22.8 Å². The van der Waals surface area contributed by atoms with Gasteiger partial charge in [0, 0.05) is 51.2 Å². The van der Waals surface area contributed by atoms with Gasteiger partial charge in [-0.1, -0.05) is 0 Å². The van der Waals surface area contributed by atoms with Gasteiger partial charge in [0.05, 0.1) is 5.56 Å². The van der Waals surface area contributed by atoms with Gasteiger partial charge in [0.2, 0.25) is 0 Å². The van der Waals surface area contributed by atoms with Gasteiger partial charge in [-0.25, -0.2) is 13.2 Å². The lowest BCUT2D eigenvalue weighted by Crippen LogP contribution is -2.41. The highest BCUT2D eigenvalue weighted by Crippen LogP contribution is 2.24. The van der Waals surface area contributed by atoms with Crippen molar-refractivity contribution in [2.45, 2.75) is 44.8 Å². The lowest BCUT2D eigenvalue weighted by atomic mass is 9.90. The third-order valence-electron chi connectivity index (χ3n) is 7.65. The van der Waals surface area contributed by atoms with Crippen molar-refractivity contribution < 1.29 is 27.5 Å². The number of hydrogen-bond acceptors (Lipinski definition) is 5. The molecule has 2 fully saturated rings.